The largest absolute Gasteiger partial charge is 0.297 e. The smallest absolute Gasteiger partial charge is 0.145 e. The van der Waals surface area contributed by atoms with Crippen LogP contribution in [0.5, 0.6) is 0 Å². The molecule has 0 fully saturated rings. The molecule has 5 nitrogen and oxygen atoms in total. The Morgan fingerprint density at radius 1 is 0.475 bits per heavy atom. The molecule has 5 heterocycles. The molecule has 5 aromatic carbocycles. The molecule has 10 aromatic rings. The van der Waals surface area contributed by atoms with Crippen LogP contribution in [0.4, 0.5) is 0 Å². The van der Waals surface area contributed by atoms with E-state index in [4.69, 9.17) is 13.2 Å². The van der Waals surface area contributed by atoms with Crippen molar-refractivity contribution in [3.63, 3.8) is 0 Å². The van der Waals surface area contributed by atoms with Crippen molar-refractivity contribution in [1.29, 1.82) is 0 Å². The summed E-state index contributed by atoms with van der Waals surface area (Å²) < 4.78 is 162. The molecule has 0 aliphatic carbocycles. The number of fused-ring (bicyclic) bond motifs is 8. The summed E-state index contributed by atoms with van der Waals surface area (Å²) in [6.07, 6.45) is -10.9. The van der Waals surface area contributed by atoms with Crippen LogP contribution in [0.2, 0.25) is 0 Å². The van der Waals surface area contributed by atoms with Crippen LogP contribution in [0, 0.1) is 13.7 Å². The molecule has 0 aliphatic rings. The van der Waals surface area contributed by atoms with Crippen molar-refractivity contribution >= 4 is 38.2 Å². The molecule has 5 heteroatoms. The van der Waals surface area contributed by atoms with E-state index in [-0.39, 0.29) is 27.8 Å². The van der Waals surface area contributed by atoms with Gasteiger partial charge in [0.2, 0.25) is 0 Å². The Labute approximate surface area is 370 Å². The van der Waals surface area contributed by atoms with Crippen LogP contribution in [0.1, 0.15) is 69.2 Å². The maximum Gasteiger partial charge on any atom is 0.145 e. The van der Waals surface area contributed by atoms with Crippen molar-refractivity contribution in [3.05, 3.63) is 209 Å². The van der Waals surface area contributed by atoms with Crippen molar-refractivity contribution < 1.29 is 24.7 Å². The van der Waals surface area contributed by atoms with Gasteiger partial charge in [0.05, 0.1) is 22.4 Å². The average Bonchev–Trinajstić information content (AvgIpc) is 3.98. The first-order valence-corrected chi connectivity index (χ1v) is 18.8. The monoisotopic (exact) mass is 781 g/mol. The third kappa shape index (κ3) is 7.60. The third-order valence-corrected chi connectivity index (χ3v) is 10.0. The molecule has 5 aromatic heterocycles. The first-order valence-electron chi connectivity index (χ1n) is 27.8. The highest BCUT2D eigenvalue weighted by molar-refractivity contribution is 6.17. The van der Waals surface area contributed by atoms with Crippen LogP contribution in [0.25, 0.3) is 60.7 Å². The maximum absolute atomic E-state index is 9.67. The van der Waals surface area contributed by atoms with Crippen molar-refractivity contribution in [1.82, 2.24) is 24.3 Å². The SMILES string of the molecule is [2H]C([2H])([2H])c1ccc(-c2ccc(C([2H])([2H])C([2H])([2H])c3cc(C([2H])([2H])C([2H])([2H])c4ccc(-c5ccc(C([2H])([2H])[2H])cn5)cc4)cc(C([2H])([2H])C([2H])([2H])c4ccc5c(c4)c4nccn4c4c6ccccc6cnc54)c3)cc2)nc1. The second-order valence-electron chi connectivity index (χ2n) is 14.0. The number of pyridine rings is 4. The molecular weight excluding hydrogens is 719 g/mol. The molecule has 0 saturated heterocycles. The van der Waals surface area contributed by atoms with Gasteiger partial charge in [-0.1, -0.05) is 115 Å². The molecule has 0 aliphatic heterocycles. The standard InChI is InChI=1S/C54H45N5/c1-36-7-25-50(56-33-36)44-20-15-38(16-21-44)9-12-41-29-42(13-10-39-17-22-45(23-18-39)51-26-8-37(2)34-57-51)31-43(30-41)14-11-40-19-24-48-49(32-40)54-55-27-28-59(54)53-47-6-4-3-5-46(47)35-58-52(48)53/h3-8,15-35H,9-14H2,1-2H3/i1D3,2D3,9D2,10D2,11D2,12D2,13D2,14D2. The minimum absolute atomic E-state index is 0.0137. The van der Waals surface area contributed by atoms with Gasteiger partial charge in [-0.05, 0) is 115 Å². The zero-order valence-electron chi connectivity index (χ0n) is 49.3. The van der Waals surface area contributed by atoms with Gasteiger partial charge < -0.3 is 0 Å². The molecular formula is C54H45N5. The molecule has 0 amide bonds. The van der Waals surface area contributed by atoms with Gasteiger partial charge in [0.25, 0.3) is 0 Å². The van der Waals surface area contributed by atoms with Crippen LogP contribution in [0.15, 0.2) is 164 Å². The van der Waals surface area contributed by atoms with Crippen LogP contribution >= 0.6 is 0 Å². The summed E-state index contributed by atoms with van der Waals surface area (Å²) in [6.45, 7) is -4.78. The summed E-state index contributed by atoms with van der Waals surface area (Å²) in [7, 11) is 0. The Morgan fingerprint density at radius 2 is 1.03 bits per heavy atom. The lowest BCUT2D eigenvalue weighted by Gasteiger charge is -2.13. The molecule has 0 unspecified atom stereocenters. The highest BCUT2D eigenvalue weighted by atomic mass is 15.0. The highest BCUT2D eigenvalue weighted by Crippen LogP contribution is 2.33. The van der Waals surface area contributed by atoms with Crippen LogP contribution in [0.3, 0.4) is 0 Å². The lowest BCUT2D eigenvalue weighted by molar-refractivity contribution is 0.904. The van der Waals surface area contributed by atoms with Gasteiger partial charge in [0, 0.05) is 88.3 Å². The molecule has 0 atom stereocenters. The number of hydrogen-bond donors (Lipinski definition) is 0. The van der Waals surface area contributed by atoms with Gasteiger partial charge in [-0.3, -0.25) is 19.4 Å². The van der Waals surface area contributed by atoms with E-state index < -0.39 is 68.6 Å². The van der Waals surface area contributed by atoms with Crippen LogP contribution in [-0.2, 0) is 38.2 Å². The van der Waals surface area contributed by atoms with Crippen molar-refractivity contribution in [2.45, 2.75) is 51.9 Å². The second-order valence-corrected chi connectivity index (χ2v) is 14.0. The number of hydrogen-bond acceptors (Lipinski definition) is 4. The lowest BCUT2D eigenvalue weighted by atomic mass is 9.93. The van der Waals surface area contributed by atoms with Gasteiger partial charge in [0.1, 0.15) is 5.65 Å². The van der Waals surface area contributed by atoms with E-state index in [2.05, 4.69) is 15.0 Å². The van der Waals surface area contributed by atoms with Crippen LogP contribution < -0.4 is 0 Å². The van der Waals surface area contributed by atoms with Crippen molar-refractivity contribution in [2.75, 3.05) is 0 Å². The predicted molar refractivity (Wildman–Crippen MR) is 243 cm³/mol. The number of aryl methyl sites for hydroxylation is 8. The van der Waals surface area contributed by atoms with Crippen LogP contribution in [-0.4, -0.2) is 24.3 Å². The molecule has 0 bridgehead atoms. The Morgan fingerprint density at radius 3 is 1.61 bits per heavy atom. The lowest BCUT2D eigenvalue weighted by Crippen LogP contribution is -2.00. The highest BCUT2D eigenvalue weighted by Gasteiger charge is 2.14. The fourth-order valence-electron chi connectivity index (χ4n) is 7.14. The molecule has 0 spiro atoms. The molecule has 10 rings (SSSR count). The maximum atomic E-state index is 9.67. The third-order valence-electron chi connectivity index (χ3n) is 10.0. The number of imidazole rings is 1. The van der Waals surface area contributed by atoms with E-state index in [9.17, 15) is 16.4 Å². The quantitative estimate of drug-likeness (QED) is 0.123. The summed E-state index contributed by atoms with van der Waals surface area (Å²) in [5.74, 6) is 0. The van der Waals surface area contributed by atoms with Gasteiger partial charge >= 0.3 is 0 Å². The topological polar surface area (TPSA) is 56.0 Å². The zero-order valence-corrected chi connectivity index (χ0v) is 31.3. The molecule has 0 saturated carbocycles. The summed E-state index contributed by atoms with van der Waals surface area (Å²) >= 11 is 0. The average molecular weight is 782 g/mol. The van der Waals surface area contributed by atoms with Gasteiger partial charge in [-0.15, -0.1) is 0 Å². The molecule has 59 heavy (non-hydrogen) atoms. The summed E-state index contributed by atoms with van der Waals surface area (Å²) in [4.78, 5) is 17.9. The Kier molecular flexibility index (Phi) is 5.79. The summed E-state index contributed by atoms with van der Waals surface area (Å²) in [6, 6.07) is 31.9. The second kappa shape index (κ2) is 15.8. The first-order chi connectivity index (χ1) is 36.0. The Hall–Kier alpha value is -6.98. The number of aromatic nitrogens is 5. The first kappa shape index (κ1) is 21.7. The van der Waals surface area contributed by atoms with Gasteiger partial charge in [-0.25, -0.2) is 4.98 Å². The van der Waals surface area contributed by atoms with Gasteiger partial charge in [-0.2, -0.15) is 0 Å². The van der Waals surface area contributed by atoms with E-state index in [1.54, 1.807) is 24.7 Å². The van der Waals surface area contributed by atoms with E-state index in [1.165, 1.54) is 97.3 Å². The fourth-order valence-corrected chi connectivity index (χ4v) is 7.14. The molecule has 0 N–H and O–H groups in total. The molecule has 286 valence electrons. The fraction of sp³-hybridized carbons (Fsp3) is 0.148. The number of benzene rings is 5. The van der Waals surface area contributed by atoms with Crippen molar-refractivity contribution in [3.8, 4) is 22.5 Å². The summed E-state index contributed by atoms with van der Waals surface area (Å²) in [5.41, 5.74) is 0.985. The Balaban J connectivity index is 1.08. The Bertz CT molecular complexity index is 3750. The number of nitrogens with zero attached hydrogens (tertiary/aromatic N) is 5. The van der Waals surface area contributed by atoms with Crippen molar-refractivity contribution in [2.24, 2.45) is 0 Å². The number of rotatable bonds is 11. The zero-order chi connectivity index (χ0) is 55.5. The van der Waals surface area contributed by atoms with E-state index in [0.717, 1.165) is 34.5 Å². The minimum atomic E-state index is -3.17. The summed E-state index contributed by atoms with van der Waals surface area (Å²) in [5, 5.41) is 2.82. The predicted octanol–water partition coefficient (Wildman–Crippen LogP) is 12.3. The van der Waals surface area contributed by atoms with Gasteiger partial charge in [0.15, 0.2) is 0 Å². The molecule has 0 radical (unpaired) electrons. The van der Waals surface area contributed by atoms with E-state index in [1.807, 2.05) is 28.7 Å². The minimum Gasteiger partial charge on any atom is -0.297 e. The van der Waals surface area contributed by atoms with E-state index in [0.29, 0.717) is 44.5 Å². The normalized spacial score (nSPS) is 18.0. The van der Waals surface area contributed by atoms with E-state index >= 15 is 0 Å².